The number of carbonyl (C=O) groups is 2. The largest absolute Gasteiger partial charge is 0.481 e. The Morgan fingerprint density at radius 3 is 2.68 bits per heavy atom. The smallest absolute Gasteiger partial charge is 0.317 e. The lowest BCUT2D eigenvalue weighted by Gasteiger charge is -2.31. The molecule has 3 unspecified atom stereocenters. The first-order valence-corrected chi connectivity index (χ1v) is 7.33. The summed E-state index contributed by atoms with van der Waals surface area (Å²) < 4.78 is 0. The van der Waals surface area contributed by atoms with E-state index in [2.05, 4.69) is 12.2 Å². The van der Waals surface area contributed by atoms with Gasteiger partial charge in [0.25, 0.3) is 0 Å². The van der Waals surface area contributed by atoms with Crippen molar-refractivity contribution >= 4 is 12.0 Å². The van der Waals surface area contributed by atoms with Crippen molar-refractivity contribution in [1.82, 2.24) is 10.2 Å². The minimum absolute atomic E-state index is 0.00774. The molecule has 0 spiro atoms. The van der Waals surface area contributed by atoms with Gasteiger partial charge in [0.2, 0.25) is 0 Å². The van der Waals surface area contributed by atoms with E-state index in [1.165, 1.54) is 19.3 Å². The van der Waals surface area contributed by atoms with E-state index in [1.54, 1.807) is 4.90 Å². The van der Waals surface area contributed by atoms with Crippen LogP contribution in [0.2, 0.25) is 0 Å². The number of nitrogens with one attached hydrogen (secondary N) is 1. The van der Waals surface area contributed by atoms with Gasteiger partial charge in [-0.05, 0) is 31.1 Å². The quantitative estimate of drug-likeness (QED) is 0.823. The molecule has 108 valence electrons. The third-order valence-electron chi connectivity index (χ3n) is 4.46. The van der Waals surface area contributed by atoms with Crippen LogP contribution in [-0.2, 0) is 4.79 Å². The molecule has 5 nitrogen and oxygen atoms in total. The highest BCUT2D eigenvalue weighted by atomic mass is 16.4. The summed E-state index contributed by atoms with van der Waals surface area (Å²) >= 11 is 0. The zero-order valence-corrected chi connectivity index (χ0v) is 11.6. The van der Waals surface area contributed by atoms with Gasteiger partial charge in [-0.3, -0.25) is 4.79 Å². The number of likely N-dealkylation sites (tertiary alicyclic amines) is 1. The summed E-state index contributed by atoms with van der Waals surface area (Å²) in [5.74, 6) is -0.102. The summed E-state index contributed by atoms with van der Waals surface area (Å²) in [6, 6.07) is 0.284. The van der Waals surface area contributed by atoms with E-state index in [0.717, 1.165) is 12.8 Å². The molecule has 5 heteroatoms. The Kier molecular flexibility index (Phi) is 4.66. The van der Waals surface area contributed by atoms with Crippen LogP contribution in [0.25, 0.3) is 0 Å². The SMILES string of the molecule is CC1CCCCC1NC(=O)N1CCC(CC(=O)O)C1. The molecule has 1 aliphatic heterocycles. The highest BCUT2D eigenvalue weighted by molar-refractivity contribution is 5.75. The van der Waals surface area contributed by atoms with Gasteiger partial charge in [-0.1, -0.05) is 19.8 Å². The van der Waals surface area contributed by atoms with Gasteiger partial charge in [0.05, 0.1) is 0 Å². The number of hydrogen-bond donors (Lipinski definition) is 2. The van der Waals surface area contributed by atoms with Crippen LogP contribution in [0, 0.1) is 11.8 Å². The van der Waals surface area contributed by atoms with Gasteiger partial charge < -0.3 is 15.3 Å². The van der Waals surface area contributed by atoms with E-state index in [-0.39, 0.29) is 18.4 Å². The molecule has 0 radical (unpaired) electrons. The molecule has 19 heavy (non-hydrogen) atoms. The maximum atomic E-state index is 12.2. The molecule has 2 N–H and O–H groups in total. The van der Waals surface area contributed by atoms with Crippen LogP contribution in [0.15, 0.2) is 0 Å². The summed E-state index contributed by atoms with van der Waals surface area (Å²) in [5, 5.41) is 11.9. The monoisotopic (exact) mass is 268 g/mol. The van der Waals surface area contributed by atoms with Crippen LogP contribution >= 0.6 is 0 Å². The highest BCUT2D eigenvalue weighted by Crippen LogP contribution is 2.25. The number of aliphatic carboxylic acids is 1. The number of carbonyl (C=O) groups excluding carboxylic acids is 1. The molecular weight excluding hydrogens is 244 g/mol. The van der Waals surface area contributed by atoms with Gasteiger partial charge in [-0.2, -0.15) is 0 Å². The Morgan fingerprint density at radius 1 is 1.26 bits per heavy atom. The Balaban J connectivity index is 1.79. The molecule has 3 atom stereocenters. The average molecular weight is 268 g/mol. The van der Waals surface area contributed by atoms with Crippen LogP contribution in [-0.4, -0.2) is 41.1 Å². The van der Waals surface area contributed by atoms with Gasteiger partial charge in [0.1, 0.15) is 0 Å². The number of carboxylic acid groups (broad SMARTS) is 1. The standard InChI is InChI=1S/C14H24N2O3/c1-10-4-2-3-5-12(10)15-14(19)16-7-6-11(9-16)8-13(17)18/h10-12H,2-9H2,1H3,(H,15,19)(H,17,18). The lowest BCUT2D eigenvalue weighted by molar-refractivity contribution is -0.138. The maximum absolute atomic E-state index is 12.2. The molecule has 0 aromatic heterocycles. The van der Waals surface area contributed by atoms with Crippen LogP contribution in [0.4, 0.5) is 4.79 Å². The van der Waals surface area contributed by atoms with Gasteiger partial charge >= 0.3 is 12.0 Å². The zero-order valence-electron chi connectivity index (χ0n) is 11.6. The molecule has 1 saturated heterocycles. The number of urea groups is 1. The van der Waals surface area contributed by atoms with Crippen LogP contribution in [0.1, 0.15) is 45.4 Å². The molecule has 0 aromatic carbocycles. The van der Waals surface area contributed by atoms with E-state index >= 15 is 0 Å². The van der Waals surface area contributed by atoms with Crippen molar-refractivity contribution in [2.75, 3.05) is 13.1 Å². The first-order chi connectivity index (χ1) is 9.06. The Labute approximate surface area is 114 Å². The second kappa shape index (κ2) is 6.26. The Morgan fingerprint density at radius 2 is 2.00 bits per heavy atom. The van der Waals surface area contributed by atoms with Crippen molar-refractivity contribution < 1.29 is 14.7 Å². The van der Waals surface area contributed by atoms with Crippen molar-refractivity contribution in [3.63, 3.8) is 0 Å². The molecule has 0 bridgehead atoms. The minimum Gasteiger partial charge on any atom is -0.481 e. The highest BCUT2D eigenvalue weighted by Gasteiger charge is 2.30. The van der Waals surface area contributed by atoms with E-state index in [9.17, 15) is 9.59 Å². The third-order valence-corrected chi connectivity index (χ3v) is 4.46. The number of carboxylic acids is 1. The second-order valence-corrected chi connectivity index (χ2v) is 6.02. The summed E-state index contributed by atoms with van der Waals surface area (Å²) in [6.45, 7) is 3.46. The molecular formula is C14H24N2O3. The van der Waals surface area contributed by atoms with Crippen molar-refractivity contribution in [1.29, 1.82) is 0 Å². The molecule has 2 aliphatic rings. The number of hydrogen-bond acceptors (Lipinski definition) is 2. The van der Waals surface area contributed by atoms with Crippen LogP contribution in [0.3, 0.4) is 0 Å². The van der Waals surface area contributed by atoms with Gasteiger partial charge in [0.15, 0.2) is 0 Å². The van der Waals surface area contributed by atoms with E-state index < -0.39 is 5.97 Å². The van der Waals surface area contributed by atoms with Crippen LogP contribution in [0.5, 0.6) is 0 Å². The van der Waals surface area contributed by atoms with E-state index in [0.29, 0.717) is 25.0 Å². The number of amides is 2. The first kappa shape index (κ1) is 14.2. The number of nitrogens with zero attached hydrogens (tertiary/aromatic N) is 1. The topological polar surface area (TPSA) is 69.6 Å². The fourth-order valence-electron chi connectivity index (χ4n) is 3.21. The second-order valence-electron chi connectivity index (χ2n) is 6.02. The van der Waals surface area contributed by atoms with Gasteiger partial charge in [-0.15, -0.1) is 0 Å². The summed E-state index contributed by atoms with van der Waals surface area (Å²) in [5.41, 5.74) is 0. The van der Waals surface area contributed by atoms with Crippen molar-refractivity contribution in [2.45, 2.75) is 51.5 Å². The van der Waals surface area contributed by atoms with Crippen molar-refractivity contribution in [3.05, 3.63) is 0 Å². The minimum atomic E-state index is -0.770. The molecule has 1 saturated carbocycles. The molecule has 2 amide bonds. The summed E-state index contributed by atoms with van der Waals surface area (Å²) in [7, 11) is 0. The lowest BCUT2D eigenvalue weighted by Crippen LogP contribution is -2.47. The van der Waals surface area contributed by atoms with E-state index in [4.69, 9.17) is 5.11 Å². The summed E-state index contributed by atoms with van der Waals surface area (Å²) in [6.07, 6.45) is 5.68. The third kappa shape index (κ3) is 3.85. The van der Waals surface area contributed by atoms with Crippen molar-refractivity contribution in [2.24, 2.45) is 11.8 Å². The normalized spacial score (nSPS) is 31.2. The van der Waals surface area contributed by atoms with Gasteiger partial charge in [-0.25, -0.2) is 4.79 Å². The molecule has 1 aliphatic carbocycles. The fourth-order valence-corrected chi connectivity index (χ4v) is 3.21. The van der Waals surface area contributed by atoms with Crippen molar-refractivity contribution in [3.8, 4) is 0 Å². The zero-order chi connectivity index (χ0) is 13.8. The lowest BCUT2D eigenvalue weighted by atomic mass is 9.86. The van der Waals surface area contributed by atoms with Crippen LogP contribution < -0.4 is 5.32 Å². The first-order valence-electron chi connectivity index (χ1n) is 7.33. The predicted molar refractivity (Wildman–Crippen MR) is 71.9 cm³/mol. The Hall–Kier alpha value is -1.26. The predicted octanol–water partition coefficient (Wildman–Crippen LogP) is 2.07. The molecule has 2 rings (SSSR count). The molecule has 2 fully saturated rings. The molecule has 1 heterocycles. The Bertz CT molecular complexity index is 346. The average Bonchev–Trinajstić information content (AvgIpc) is 2.79. The number of rotatable bonds is 3. The maximum Gasteiger partial charge on any atom is 0.317 e. The fraction of sp³-hybridized carbons (Fsp3) is 0.857. The van der Waals surface area contributed by atoms with Gasteiger partial charge in [0, 0.05) is 25.6 Å². The molecule has 0 aromatic rings. The van der Waals surface area contributed by atoms with E-state index in [1.807, 2.05) is 0 Å². The summed E-state index contributed by atoms with van der Waals surface area (Å²) in [4.78, 5) is 24.6.